The second-order valence-corrected chi connectivity index (χ2v) is 15.1. The number of amides is 1. The molecule has 3 aromatic heterocycles. The number of pyridine rings is 1. The van der Waals surface area contributed by atoms with E-state index in [4.69, 9.17) is 28.7 Å². The van der Waals surface area contributed by atoms with Crippen molar-refractivity contribution >= 4 is 38.4 Å². The van der Waals surface area contributed by atoms with Crippen LogP contribution < -0.4 is 4.90 Å². The van der Waals surface area contributed by atoms with Crippen LogP contribution in [-0.2, 0) is 31.0 Å². The number of ether oxygens (including phenoxy) is 3. The fourth-order valence-corrected chi connectivity index (χ4v) is 7.74. The summed E-state index contributed by atoms with van der Waals surface area (Å²) in [7, 11) is -0.806. The molecule has 2 atom stereocenters. The Kier molecular flexibility index (Phi) is 8.11. The Morgan fingerprint density at radius 3 is 2.65 bits per heavy atom. The van der Waals surface area contributed by atoms with E-state index in [0.29, 0.717) is 61.9 Å². The van der Waals surface area contributed by atoms with E-state index in [2.05, 4.69) is 16.9 Å². The van der Waals surface area contributed by atoms with E-state index in [0.717, 1.165) is 30.8 Å². The largest absolute Gasteiger partial charge is 0.444 e. The fraction of sp³-hybridized carbons (Fsp3) is 0.655. The van der Waals surface area contributed by atoms with Crippen molar-refractivity contribution in [1.82, 2.24) is 29.4 Å². The van der Waals surface area contributed by atoms with Gasteiger partial charge in [0.25, 0.3) is 0 Å². The van der Waals surface area contributed by atoms with Crippen LogP contribution in [0, 0.1) is 0 Å². The number of rotatable bonds is 4. The van der Waals surface area contributed by atoms with Crippen molar-refractivity contribution in [2.45, 2.75) is 64.8 Å². The number of carbonyl (C=O) groups excluding carboxylic acids is 1. The number of aryl methyl sites for hydroxylation is 1. The molecule has 3 fully saturated rings. The Balaban J connectivity index is 1.42. The first-order valence-corrected chi connectivity index (χ1v) is 16.9. The van der Waals surface area contributed by atoms with E-state index in [9.17, 15) is 9.00 Å². The van der Waals surface area contributed by atoms with Crippen LogP contribution in [0.15, 0.2) is 22.7 Å². The summed E-state index contributed by atoms with van der Waals surface area (Å²) in [5.41, 5.74) is 2.86. The van der Waals surface area contributed by atoms with Crippen LogP contribution in [0.5, 0.6) is 0 Å². The summed E-state index contributed by atoms with van der Waals surface area (Å²) in [4.78, 5) is 21.6. The highest BCUT2D eigenvalue weighted by Crippen LogP contribution is 2.38. The number of carbonyl (C=O) groups is 1. The first-order chi connectivity index (χ1) is 20.5. The molecule has 0 spiro atoms. The second-order valence-electron chi connectivity index (χ2n) is 12.5. The normalized spacial score (nSPS) is 23.0. The van der Waals surface area contributed by atoms with Crippen LogP contribution in [0.2, 0.25) is 0 Å². The van der Waals surface area contributed by atoms with E-state index < -0.39 is 21.4 Å². The van der Waals surface area contributed by atoms with Crippen molar-refractivity contribution in [2.75, 3.05) is 55.9 Å². The predicted molar refractivity (Wildman–Crippen MR) is 164 cm³/mol. The number of fused-ring (bicyclic) bond motifs is 1. The first kappa shape index (κ1) is 29.8. The molecule has 13 nitrogen and oxygen atoms in total. The van der Waals surface area contributed by atoms with Crippen LogP contribution in [0.4, 0.5) is 16.3 Å². The van der Waals surface area contributed by atoms with E-state index in [1.165, 1.54) is 0 Å². The molecule has 1 unspecified atom stereocenters. The fourth-order valence-electron chi connectivity index (χ4n) is 5.85. The maximum Gasteiger partial charge on any atom is 0.410 e. The smallest absolute Gasteiger partial charge is 0.410 e. The van der Waals surface area contributed by atoms with Gasteiger partial charge >= 0.3 is 6.09 Å². The summed E-state index contributed by atoms with van der Waals surface area (Å²) >= 11 is 0. The summed E-state index contributed by atoms with van der Waals surface area (Å²) in [5.74, 6) is 1.26. The Morgan fingerprint density at radius 1 is 1.16 bits per heavy atom. The maximum atomic E-state index is 14.2. The van der Waals surface area contributed by atoms with Gasteiger partial charge < -0.3 is 24.0 Å². The first-order valence-electron chi connectivity index (χ1n) is 15.1. The molecular weight excluding hydrogens is 572 g/mol. The SMILES string of the molecule is C[C@@H]1COCCN1c1cc(N=S2(=O)CCN(C(=O)OC(C)(C)C)CC2)c2c(n1)c(-c1ccnn1C1CCCCO1)nn2C. The molecular formula is C29H42N8O5S. The number of hydrogen-bond acceptors (Lipinski definition) is 10. The van der Waals surface area contributed by atoms with Gasteiger partial charge in [-0.3, -0.25) is 4.68 Å². The number of nitrogens with zero attached hydrogens (tertiary/aromatic N) is 8. The molecule has 3 aliphatic rings. The summed E-state index contributed by atoms with van der Waals surface area (Å²) in [5, 5.41) is 9.51. The molecule has 3 saturated heterocycles. The lowest BCUT2D eigenvalue weighted by Crippen LogP contribution is -2.45. The molecule has 0 aliphatic carbocycles. The topological polar surface area (TPSA) is 129 Å². The van der Waals surface area contributed by atoms with E-state index in [-0.39, 0.29) is 23.8 Å². The molecule has 6 heterocycles. The molecule has 0 N–H and O–H groups in total. The number of morpholine rings is 1. The molecule has 1 amide bonds. The van der Waals surface area contributed by atoms with E-state index in [1.54, 1.807) is 15.8 Å². The average molecular weight is 615 g/mol. The lowest BCUT2D eigenvalue weighted by molar-refractivity contribution is -0.0384. The monoisotopic (exact) mass is 614 g/mol. The quantitative estimate of drug-likeness (QED) is 0.426. The van der Waals surface area contributed by atoms with Crippen LogP contribution in [0.3, 0.4) is 0 Å². The molecule has 0 radical (unpaired) electrons. The lowest BCUT2D eigenvalue weighted by atomic mass is 10.1. The minimum atomic E-state index is -2.67. The molecule has 3 aromatic rings. The molecule has 0 bridgehead atoms. The summed E-state index contributed by atoms with van der Waals surface area (Å²) < 4.78 is 40.1. The van der Waals surface area contributed by atoms with E-state index >= 15 is 0 Å². The molecule has 0 saturated carbocycles. The third-order valence-corrected chi connectivity index (χ3v) is 10.2. The highest BCUT2D eigenvalue weighted by Gasteiger charge is 2.30. The zero-order chi connectivity index (χ0) is 30.4. The molecule has 6 rings (SSSR count). The number of hydrogen-bond donors (Lipinski definition) is 0. The van der Waals surface area contributed by atoms with Gasteiger partial charge in [-0.05, 0) is 53.0 Å². The van der Waals surface area contributed by atoms with Crippen molar-refractivity contribution in [3.8, 4) is 11.4 Å². The predicted octanol–water partition coefficient (Wildman–Crippen LogP) is 4.11. The Hall–Kier alpha value is -3.23. The standard InChI is InChI=1S/C29H42N8O5S/c1-20-19-40-15-11-36(20)23-18-21(33-43(39)16-12-35(13-17-43)28(38)42-29(2,3)4)27-26(31-23)25(32-34(27)5)22-9-10-30-37(22)24-8-6-7-14-41-24/h9-10,18,20,24H,6-8,11-17,19H2,1-5H3/t20-,24?/m1/s1. The van der Waals surface area contributed by atoms with Gasteiger partial charge in [0, 0.05) is 57.1 Å². The third-order valence-electron chi connectivity index (χ3n) is 8.04. The number of aromatic nitrogens is 5. The van der Waals surface area contributed by atoms with Crippen molar-refractivity contribution in [1.29, 1.82) is 0 Å². The zero-order valence-corrected chi connectivity index (χ0v) is 26.5. The van der Waals surface area contributed by atoms with E-state index in [1.807, 2.05) is 44.6 Å². The van der Waals surface area contributed by atoms with Gasteiger partial charge in [-0.15, -0.1) is 0 Å². The van der Waals surface area contributed by atoms with Crippen LogP contribution >= 0.6 is 0 Å². The summed E-state index contributed by atoms with van der Waals surface area (Å²) in [6.45, 7) is 10.8. The van der Waals surface area contributed by atoms with Crippen LogP contribution in [-0.4, -0.2) is 102 Å². The number of anilines is 1. The molecule has 234 valence electrons. The van der Waals surface area contributed by atoms with Gasteiger partial charge in [-0.2, -0.15) is 14.6 Å². The minimum absolute atomic E-state index is 0.110. The Morgan fingerprint density at radius 2 is 1.95 bits per heavy atom. The van der Waals surface area contributed by atoms with Crippen molar-refractivity contribution in [2.24, 2.45) is 11.4 Å². The third kappa shape index (κ3) is 6.22. The zero-order valence-electron chi connectivity index (χ0n) is 25.7. The molecule has 43 heavy (non-hydrogen) atoms. The van der Waals surface area contributed by atoms with Gasteiger partial charge in [-0.25, -0.2) is 18.7 Å². The van der Waals surface area contributed by atoms with Gasteiger partial charge in [-0.1, -0.05) is 0 Å². The second kappa shape index (κ2) is 11.7. The maximum absolute atomic E-state index is 14.2. The van der Waals surface area contributed by atoms with Crippen molar-refractivity contribution in [3.63, 3.8) is 0 Å². The van der Waals surface area contributed by atoms with Gasteiger partial charge in [0.05, 0.1) is 34.7 Å². The highest BCUT2D eigenvalue weighted by atomic mass is 32.2. The molecule has 3 aliphatic heterocycles. The van der Waals surface area contributed by atoms with Crippen molar-refractivity contribution < 1.29 is 23.2 Å². The molecule has 14 heteroatoms. The Labute approximate surface area is 252 Å². The van der Waals surface area contributed by atoms with Gasteiger partial charge in [0.2, 0.25) is 0 Å². The van der Waals surface area contributed by atoms with Gasteiger partial charge in [0.1, 0.15) is 33.8 Å². The van der Waals surface area contributed by atoms with Crippen LogP contribution in [0.25, 0.3) is 22.4 Å². The highest BCUT2D eigenvalue weighted by molar-refractivity contribution is 7.93. The summed E-state index contributed by atoms with van der Waals surface area (Å²) in [6, 6.07) is 3.97. The Bertz CT molecular complexity index is 1600. The molecule has 0 aromatic carbocycles. The van der Waals surface area contributed by atoms with Gasteiger partial charge in [0.15, 0.2) is 6.23 Å². The lowest BCUT2D eigenvalue weighted by Gasteiger charge is -2.34. The minimum Gasteiger partial charge on any atom is -0.444 e. The van der Waals surface area contributed by atoms with Crippen LogP contribution in [0.1, 0.15) is 53.2 Å². The summed E-state index contributed by atoms with van der Waals surface area (Å²) in [6.07, 6.45) is 4.22. The average Bonchev–Trinajstić information content (AvgIpc) is 3.57. The van der Waals surface area contributed by atoms with Crippen molar-refractivity contribution in [3.05, 3.63) is 18.3 Å².